The Labute approximate surface area is 111 Å². The molecule has 0 aliphatic rings. The van der Waals surface area contributed by atoms with Gasteiger partial charge in [0.1, 0.15) is 12.1 Å². The number of benzene rings is 1. The molecule has 1 aromatic carbocycles. The summed E-state index contributed by atoms with van der Waals surface area (Å²) in [6.45, 7) is 3.56. The summed E-state index contributed by atoms with van der Waals surface area (Å²) < 4.78 is 0. The Hall–Kier alpha value is -2.43. The molecule has 0 amide bonds. The fourth-order valence-corrected chi connectivity index (χ4v) is 1.67. The number of aromatic nitrogens is 2. The summed E-state index contributed by atoms with van der Waals surface area (Å²) in [6.07, 6.45) is 1.50. The number of carboxylic acid groups (broad SMARTS) is 1. The Kier molecular flexibility index (Phi) is 3.75. The minimum atomic E-state index is -0.827. The molecule has 0 saturated carbocycles. The number of hydrogen-bond acceptors (Lipinski definition) is 4. The van der Waals surface area contributed by atoms with Gasteiger partial charge in [-0.25, -0.2) is 9.97 Å². The average molecular weight is 257 g/mol. The van der Waals surface area contributed by atoms with E-state index in [2.05, 4.69) is 15.3 Å². The van der Waals surface area contributed by atoms with Gasteiger partial charge in [0.15, 0.2) is 0 Å². The summed E-state index contributed by atoms with van der Waals surface area (Å²) in [5.41, 5.74) is 2.52. The molecule has 0 aliphatic heterocycles. The second kappa shape index (κ2) is 5.48. The Morgan fingerprint density at radius 2 is 1.95 bits per heavy atom. The molecule has 0 radical (unpaired) electrons. The van der Waals surface area contributed by atoms with Crippen LogP contribution in [0.4, 0.5) is 11.5 Å². The molecule has 1 aromatic heterocycles. The van der Waals surface area contributed by atoms with Gasteiger partial charge in [0, 0.05) is 17.4 Å². The van der Waals surface area contributed by atoms with Crippen LogP contribution in [0.5, 0.6) is 0 Å². The van der Waals surface area contributed by atoms with E-state index >= 15 is 0 Å². The van der Waals surface area contributed by atoms with Crippen molar-refractivity contribution in [2.45, 2.75) is 19.8 Å². The molecule has 1 heterocycles. The smallest absolute Gasteiger partial charge is 0.310 e. The van der Waals surface area contributed by atoms with E-state index < -0.39 is 11.9 Å². The molecule has 0 fully saturated rings. The van der Waals surface area contributed by atoms with Crippen LogP contribution in [0, 0.1) is 6.92 Å². The van der Waals surface area contributed by atoms with E-state index in [0.717, 1.165) is 16.9 Å². The topological polar surface area (TPSA) is 75.1 Å². The first-order valence-electron chi connectivity index (χ1n) is 5.94. The van der Waals surface area contributed by atoms with Crippen LogP contribution in [0.1, 0.15) is 24.1 Å². The third kappa shape index (κ3) is 3.28. The molecule has 0 bridgehead atoms. The number of nitrogens with one attached hydrogen (secondary N) is 1. The molecule has 19 heavy (non-hydrogen) atoms. The van der Waals surface area contributed by atoms with Gasteiger partial charge in [0.05, 0.1) is 5.92 Å². The monoisotopic (exact) mass is 257 g/mol. The van der Waals surface area contributed by atoms with Crippen molar-refractivity contribution in [3.8, 4) is 0 Å². The predicted octanol–water partition coefficient (Wildman–Crippen LogP) is 2.72. The molecule has 2 rings (SSSR count). The van der Waals surface area contributed by atoms with Crippen LogP contribution >= 0.6 is 0 Å². The van der Waals surface area contributed by atoms with Gasteiger partial charge in [-0.05, 0) is 31.5 Å². The van der Waals surface area contributed by atoms with Gasteiger partial charge in [0.25, 0.3) is 0 Å². The lowest BCUT2D eigenvalue weighted by Gasteiger charge is -2.09. The quantitative estimate of drug-likeness (QED) is 0.880. The molecule has 0 aliphatic carbocycles. The highest BCUT2D eigenvalue weighted by atomic mass is 16.4. The maximum absolute atomic E-state index is 10.9. The van der Waals surface area contributed by atoms with Crippen LogP contribution in [0.25, 0.3) is 0 Å². The summed E-state index contributed by atoms with van der Waals surface area (Å²) in [5.74, 6) is -0.617. The zero-order valence-electron chi connectivity index (χ0n) is 10.8. The average Bonchev–Trinajstić information content (AvgIpc) is 2.39. The molecular weight excluding hydrogens is 242 g/mol. The van der Waals surface area contributed by atoms with Gasteiger partial charge in [-0.3, -0.25) is 4.79 Å². The first-order valence-corrected chi connectivity index (χ1v) is 5.94. The second-order valence-electron chi connectivity index (χ2n) is 4.35. The van der Waals surface area contributed by atoms with Crippen LogP contribution in [-0.2, 0) is 4.79 Å². The van der Waals surface area contributed by atoms with Crippen molar-refractivity contribution in [2.75, 3.05) is 5.32 Å². The molecule has 5 nitrogen and oxygen atoms in total. The molecule has 0 saturated heterocycles. The highest BCUT2D eigenvalue weighted by Gasteiger charge is 2.12. The number of carbonyl (C=O) groups is 1. The summed E-state index contributed by atoms with van der Waals surface area (Å²) >= 11 is 0. The van der Waals surface area contributed by atoms with Crippen molar-refractivity contribution in [3.05, 3.63) is 47.9 Å². The summed E-state index contributed by atoms with van der Waals surface area (Å²) in [6, 6.07) is 9.12. The number of anilines is 2. The van der Waals surface area contributed by atoms with Crippen molar-refractivity contribution in [1.29, 1.82) is 0 Å². The van der Waals surface area contributed by atoms with E-state index in [1.165, 1.54) is 6.33 Å². The third-order valence-corrected chi connectivity index (χ3v) is 2.86. The summed E-state index contributed by atoms with van der Waals surface area (Å²) in [5, 5.41) is 12.1. The highest BCUT2D eigenvalue weighted by molar-refractivity contribution is 5.75. The van der Waals surface area contributed by atoms with Crippen LogP contribution in [0.3, 0.4) is 0 Å². The van der Waals surface area contributed by atoms with E-state index in [9.17, 15) is 4.79 Å². The van der Waals surface area contributed by atoms with Gasteiger partial charge in [0.2, 0.25) is 0 Å². The number of hydrogen-bond donors (Lipinski definition) is 2. The van der Waals surface area contributed by atoms with Crippen LogP contribution < -0.4 is 5.32 Å². The summed E-state index contributed by atoms with van der Waals surface area (Å²) in [4.78, 5) is 19.0. The van der Waals surface area contributed by atoms with Crippen molar-refractivity contribution in [1.82, 2.24) is 9.97 Å². The molecule has 98 valence electrons. The molecule has 0 unspecified atom stereocenters. The van der Waals surface area contributed by atoms with Gasteiger partial charge in [-0.15, -0.1) is 0 Å². The first-order chi connectivity index (χ1) is 9.06. The zero-order chi connectivity index (χ0) is 13.8. The minimum Gasteiger partial charge on any atom is -0.481 e. The Balaban J connectivity index is 2.13. The highest BCUT2D eigenvalue weighted by Crippen LogP contribution is 2.20. The lowest BCUT2D eigenvalue weighted by atomic mass is 10.0. The maximum Gasteiger partial charge on any atom is 0.310 e. The van der Waals surface area contributed by atoms with Gasteiger partial charge in [-0.1, -0.05) is 12.1 Å². The Bertz CT molecular complexity index is 581. The fraction of sp³-hybridized carbons (Fsp3) is 0.214. The standard InChI is InChI=1S/C14H15N3O2/c1-9-7-13(16-8-15-9)17-12-5-3-11(4-6-12)10(2)14(18)19/h3-8,10H,1-2H3,(H,18,19)(H,15,16,17)/t10-/m0/s1. The second-order valence-corrected chi connectivity index (χ2v) is 4.35. The van der Waals surface area contributed by atoms with Crippen LogP contribution in [0.15, 0.2) is 36.7 Å². The van der Waals surface area contributed by atoms with Crippen LogP contribution in [-0.4, -0.2) is 21.0 Å². The normalized spacial score (nSPS) is 11.9. The van der Waals surface area contributed by atoms with Crippen molar-refractivity contribution in [3.63, 3.8) is 0 Å². The molecular formula is C14H15N3O2. The lowest BCUT2D eigenvalue weighted by Crippen LogP contribution is -2.07. The molecule has 2 aromatic rings. The number of rotatable bonds is 4. The third-order valence-electron chi connectivity index (χ3n) is 2.86. The number of aliphatic carboxylic acids is 1. The maximum atomic E-state index is 10.9. The number of aryl methyl sites for hydroxylation is 1. The first kappa shape index (κ1) is 13.0. The van der Waals surface area contributed by atoms with Gasteiger partial charge in [-0.2, -0.15) is 0 Å². The van der Waals surface area contributed by atoms with E-state index in [1.54, 1.807) is 19.1 Å². The number of carboxylic acids is 1. The van der Waals surface area contributed by atoms with E-state index in [-0.39, 0.29) is 0 Å². The largest absolute Gasteiger partial charge is 0.481 e. The zero-order valence-corrected chi connectivity index (χ0v) is 10.8. The van der Waals surface area contributed by atoms with E-state index in [0.29, 0.717) is 5.82 Å². The molecule has 2 N–H and O–H groups in total. The van der Waals surface area contributed by atoms with Crippen molar-refractivity contribution < 1.29 is 9.90 Å². The molecule has 5 heteroatoms. The van der Waals surface area contributed by atoms with Crippen molar-refractivity contribution in [2.24, 2.45) is 0 Å². The summed E-state index contributed by atoms with van der Waals surface area (Å²) in [7, 11) is 0. The minimum absolute atomic E-state index is 0.504. The van der Waals surface area contributed by atoms with E-state index in [1.807, 2.05) is 25.1 Å². The Morgan fingerprint density at radius 1 is 1.26 bits per heavy atom. The molecule has 1 atom stereocenters. The SMILES string of the molecule is Cc1cc(Nc2ccc([C@H](C)C(=O)O)cc2)ncn1. The Morgan fingerprint density at radius 3 is 2.53 bits per heavy atom. The van der Waals surface area contributed by atoms with Crippen molar-refractivity contribution >= 4 is 17.5 Å². The van der Waals surface area contributed by atoms with Gasteiger partial charge >= 0.3 is 5.97 Å². The fourth-order valence-electron chi connectivity index (χ4n) is 1.67. The van der Waals surface area contributed by atoms with E-state index in [4.69, 9.17) is 5.11 Å². The number of nitrogens with zero attached hydrogens (tertiary/aromatic N) is 2. The van der Waals surface area contributed by atoms with Gasteiger partial charge < -0.3 is 10.4 Å². The predicted molar refractivity (Wildman–Crippen MR) is 72.5 cm³/mol. The molecule has 0 spiro atoms. The lowest BCUT2D eigenvalue weighted by molar-refractivity contribution is -0.138. The van der Waals surface area contributed by atoms with Crippen LogP contribution in [0.2, 0.25) is 0 Å².